The van der Waals surface area contributed by atoms with Crippen molar-refractivity contribution in [1.29, 1.82) is 0 Å². The van der Waals surface area contributed by atoms with Gasteiger partial charge in [-0.05, 0) is 37.5 Å². The van der Waals surface area contributed by atoms with Crippen LogP contribution in [-0.4, -0.2) is 52.2 Å². The van der Waals surface area contributed by atoms with Crippen LogP contribution in [-0.2, 0) is 0 Å². The highest BCUT2D eigenvalue weighted by Crippen LogP contribution is 2.19. The van der Waals surface area contributed by atoms with E-state index in [1.165, 1.54) is 0 Å². The lowest BCUT2D eigenvalue weighted by atomic mass is 10.1. The largest absolute Gasteiger partial charge is 0.395 e. The highest BCUT2D eigenvalue weighted by molar-refractivity contribution is 5.43. The first-order valence-corrected chi connectivity index (χ1v) is 7.84. The van der Waals surface area contributed by atoms with Gasteiger partial charge in [0, 0.05) is 31.9 Å². The van der Waals surface area contributed by atoms with E-state index in [0.717, 1.165) is 43.1 Å². The van der Waals surface area contributed by atoms with Crippen molar-refractivity contribution < 1.29 is 5.11 Å². The lowest BCUT2D eigenvalue weighted by Gasteiger charge is -2.33. The fraction of sp³-hybridized carbons (Fsp3) is 0.500. The van der Waals surface area contributed by atoms with Gasteiger partial charge in [0.1, 0.15) is 5.82 Å². The summed E-state index contributed by atoms with van der Waals surface area (Å²) in [6.07, 6.45) is 5.98. The molecule has 3 heterocycles. The number of aliphatic hydroxyl groups is 1. The van der Waals surface area contributed by atoms with Gasteiger partial charge in [-0.25, -0.2) is 9.67 Å². The Labute approximate surface area is 130 Å². The number of aromatic nitrogens is 3. The number of piperidine rings is 1. The van der Waals surface area contributed by atoms with E-state index in [0.29, 0.717) is 12.6 Å². The molecule has 1 aliphatic rings. The molecule has 0 radical (unpaired) electrons. The van der Waals surface area contributed by atoms with Crippen LogP contribution in [0.3, 0.4) is 0 Å². The van der Waals surface area contributed by atoms with Crippen LogP contribution >= 0.6 is 0 Å². The van der Waals surface area contributed by atoms with Gasteiger partial charge in [0.25, 0.3) is 0 Å². The van der Waals surface area contributed by atoms with Crippen LogP contribution in [0.4, 0.5) is 5.82 Å². The van der Waals surface area contributed by atoms with Gasteiger partial charge in [-0.15, -0.1) is 0 Å². The summed E-state index contributed by atoms with van der Waals surface area (Å²) in [5.74, 6) is 1.86. The van der Waals surface area contributed by atoms with Crippen molar-refractivity contribution in [2.75, 3.05) is 31.1 Å². The van der Waals surface area contributed by atoms with E-state index >= 15 is 0 Å². The van der Waals surface area contributed by atoms with Crippen molar-refractivity contribution in [3.63, 3.8) is 0 Å². The molecule has 0 aromatic carbocycles. The molecule has 118 valence electrons. The molecule has 0 amide bonds. The molecule has 2 aromatic rings. The fourth-order valence-electron chi connectivity index (χ4n) is 2.84. The molecular formula is C16H23N5O. The summed E-state index contributed by atoms with van der Waals surface area (Å²) in [6, 6.07) is 6.57. The molecule has 0 atom stereocenters. The van der Waals surface area contributed by atoms with Crippen LogP contribution in [0.25, 0.3) is 5.82 Å². The molecule has 22 heavy (non-hydrogen) atoms. The van der Waals surface area contributed by atoms with E-state index in [4.69, 9.17) is 10.1 Å². The molecule has 2 N–H and O–H groups in total. The third-order valence-corrected chi connectivity index (χ3v) is 4.03. The molecule has 0 spiro atoms. The van der Waals surface area contributed by atoms with Gasteiger partial charge in [-0.1, -0.05) is 6.07 Å². The monoisotopic (exact) mass is 301 g/mol. The van der Waals surface area contributed by atoms with Gasteiger partial charge in [-0.2, -0.15) is 5.10 Å². The average Bonchev–Trinajstić information content (AvgIpc) is 3.00. The summed E-state index contributed by atoms with van der Waals surface area (Å²) >= 11 is 0. The van der Waals surface area contributed by atoms with Crippen LogP contribution in [0.2, 0.25) is 0 Å². The zero-order valence-corrected chi connectivity index (χ0v) is 12.9. The summed E-state index contributed by atoms with van der Waals surface area (Å²) < 4.78 is 1.81. The Bertz CT molecular complexity index is 604. The second-order valence-corrected chi connectivity index (χ2v) is 5.76. The van der Waals surface area contributed by atoms with Crippen molar-refractivity contribution in [1.82, 2.24) is 20.1 Å². The third kappa shape index (κ3) is 3.45. The van der Waals surface area contributed by atoms with Gasteiger partial charge in [0.05, 0.1) is 12.8 Å². The van der Waals surface area contributed by atoms with Gasteiger partial charge in [0.15, 0.2) is 5.82 Å². The number of pyridine rings is 1. The Hall–Kier alpha value is -1.92. The summed E-state index contributed by atoms with van der Waals surface area (Å²) in [7, 11) is 0. The molecule has 3 rings (SSSR count). The summed E-state index contributed by atoms with van der Waals surface area (Å²) in [4.78, 5) is 7.05. The Kier molecular flexibility index (Phi) is 4.70. The van der Waals surface area contributed by atoms with Crippen LogP contribution in [0.5, 0.6) is 0 Å². The number of aliphatic hydroxyl groups excluding tert-OH is 1. The number of aryl methyl sites for hydroxylation is 1. The third-order valence-electron chi connectivity index (χ3n) is 4.03. The fourth-order valence-corrected chi connectivity index (χ4v) is 2.84. The molecule has 1 saturated heterocycles. The van der Waals surface area contributed by atoms with E-state index in [-0.39, 0.29) is 6.61 Å². The predicted octanol–water partition coefficient (Wildman–Crippen LogP) is 1.13. The lowest BCUT2D eigenvalue weighted by molar-refractivity contribution is 0.277. The SMILES string of the molecule is Cc1cnn(-c2cccc(N3CCC(NCCO)CC3)n2)c1. The molecule has 0 saturated carbocycles. The number of rotatable bonds is 5. The van der Waals surface area contributed by atoms with E-state index in [2.05, 4.69) is 21.4 Å². The number of hydrogen-bond donors (Lipinski definition) is 2. The van der Waals surface area contributed by atoms with Crippen molar-refractivity contribution in [3.8, 4) is 5.82 Å². The first kappa shape index (κ1) is 15.0. The molecule has 1 fully saturated rings. The molecule has 0 unspecified atom stereocenters. The van der Waals surface area contributed by atoms with Crippen LogP contribution in [0, 0.1) is 6.92 Å². The van der Waals surface area contributed by atoms with E-state index in [9.17, 15) is 0 Å². The molecule has 0 aliphatic carbocycles. The van der Waals surface area contributed by atoms with E-state index in [1.54, 1.807) is 0 Å². The molecule has 0 bridgehead atoms. The maximum Gasteiger partial charge on any atom is 0.155 e. The predicted molar refractivity (Wildman–Crippen MR) is 86.4 cm³/mol. The van der Waals surface area contributed by atoms with Gasteiger partial charge < -0.3 is 15.3 Å². The Morgan fingerprint density at radius 1 is 1.27 bits per heavy atom. The summed E-state index contributed by atoms with van der Waals surface area (Å²) in [6.45, 7) is 4.87. The van der Waals surface area contributed by atoms with Crippen molar-refractivity contribution in [3.05, 3.63) is 36.2 Å². The second kappa shape index (κ2) is 6.89. The van der Waals surface area contributed by atoms with Crippen molar-refractivity contribution >= 4 is 5.82 Å². The molecule has 1 aliphatic heterocycles. The van der Waals surface area contributed by atoms with Gasteiger partial charge in [0.2, 0.25) is 0 Å². The lowest BCUT2D eigenvalue weighted by Crippen LogP contribution is -2.43. The zero-order valence-electron chi connectivity index (χ0n) is 12.9. The molecule has 6 heteroatoms. The van der Waals surface area contributed by atoms with E-state index < -0.39 is 0 Å². The second-order valence-electron chi connectivity index (χ2n) is 5.76. The maximum absolute atomic E-state index is 8.88. The number of nitrogens with zero attached hydrogens (tertiary/aromatic N) is 4. The zero-order chi connectivity index (χ0) is 15.4. The normalized spacial score (nSPS) is 16.2. The van der Waals surface area contributed by atoms with Crippen LogP contribution < -0.4 is 10.2 Å². The number of nitrogens with one attached hydrogen (secondary N) is 1. The van der Waals surface area contributed by atoms with Crippen molar-refractivity contribution in [2.24, 2.45) is 0 Å². The minimum Gasteiger partial charge on any atom is -0.395 e. The highest BCUT2D eigenvalue weighted by atomic mass is 16.3. The topological polar surface area (TPSA) is 66.2 Å². The van der Waals surface area contributed by atoms with Crippen LogP contribution in [0.1, 0.15) is 18.4 Å². The Morgan fingerprint density at radius 3 is 2.73 bits per heavy atom. The smallest absolute Gasteiger partial charge is 0.155 e. The minimum atomic E-state index is 0.201. The number of hydrogen-bond acceptors (Lipinski definition) is 5. The maximum atomic E-state index is 8.88. The highest BCUT2D eigenvalue weighted by Gasteiger charge is 2.19. The summed E-state index contributed by atoms with van der Waals surface area (Å²) in [5, 5.41) is 16.6. The van der Waals surface area contributed by atoms with Gasteiger partial charge in [-0.3, -0.25) is 0 Å². The molecular weight excluding hydrogens is 278 g/mol. The minimum absolute atomic E-state index is 0.201. The van der Waals surface area contributed by atoms with E-state index in [1.807, 2.05) is 36.1 Å². The molecule has 6 nitrogen and oxygen atoms in total. The first-order valence-electron chi connectivity index (χ1n) is 7.84. The average molecular weight is 301 g/mol. The summed E-state index contributed by atoms with van der Waals surface area (Å²) in [5.41, 5.74) is 1.13. The Balaban J connectivity index is 1.66. The Morgan fingerprint density at radius 2 is 2.05 bits per heavy atom. The van der Waals surface area contributed by atoms with Crippen LogP contribution in [0.15, 0.2) is 30.6 Å². The quantitative estimate of drug-likeness (QED) is 0.866. The molecule has 2 aromatic heterocycles. The van der Waals surface area contributed by atoms with Crippen molar-refractivity contribution in [2.45, 2.75) is 25.8 Å². The first-order chi connectivity index (χ1) is 10.8. The number of anilines is 1. The standard InChI is InChI=1S/C16H23N5O/c1-13-11-18-21(12-13)16-4-2-3-15(19-16)20-8-5-14(6-9-20)17-7-10-22/h2-4,11-12,14,17,22H,5-10H2,1H3. The van der Waals surface area contributed by atoms with Gasteiger partial charge >= 0.3 is 0 Å².